The standard InChI is InChI=1S/C39H28N2/c1-39(2)29-17-18-33-36(26-14-8-12-24-22-10-3-5-15-31(22)40(33)38(24)26)35(29)28-19-27-25-13-7-11-23-21-9-4-6-16-32(21)41(37(23)25)34(27)20-30(28)39/h3-6,8-10,12,14-20,23H,7,11,13H2,1-2H3. The maximum absolute atomic E-state index is 2.63. The number of benzene rings is 5. The zero-order valence-electron chi connectivity index (χ0n) is 23.3. The molecule has 0 bridgehead atoms. The molecule has 2 aliphatic carbocycles. The topological polar surface area (TPSA) is 9.34 Å². The Hall–Kier alpha value is -4.56. The van der Waals surface area contributed by atoms with Gasteiger partial charge in [0, 0.05) is 49.6 Å². The second-order valence-electron chi connectivity index (χ2n) is 13.2. The van der Waals surface area contributed by atoms with Crippen molar-refractivity contribution in [3.63, 3.8) is 0 Å². The molecule has 1 unspecified atom stereocenters. The number of hydrogen-bond acceptors (Lipinski definition) is 0. The fourth-order valence-corrected chi connectivity index (χ4v) is 9.41. The van der Waals surface area contributed by atoms with Gasteiger partial charge in [-0.15, -0.1) is 0 Å². The first-order valence-corrected chi connectivity index (χ1v) is 15.1. The lowest BCUT2D eigenvalue weighted by molar-refractivity contribution is 0.619. The number of aryl methyl sites for hydroxylation is 1. The summed E-state index contributed by atoms with van der Waals surface area (Å²) in [6.45, 7) is 4.87. The van der Waals surface area contributed by atoms with Crippen LogP contribution in [-0.2, 0) is 11.8 Å². The van der Waals surface area contributed by atoms with Crippen LogP contribution in [0.3, 0.4) is 0 Å². The summed E-state index contributed by atoms with van der Waals surface area (Å²) in [5.41, 5.74) is 17.2. The van der Waals surface area contributed by atoms with Crippen LogP contribution in [0.25, 0.3) is 65.8 Å². The molecule has 41 heavy (non-hydrogen) atoms. The highest BCUT2D eigenvalue weighted by Crippen LogP contribution is 2.57. The van der Waals surface area contributed by atoms with Gasteiger partial charge in [0.05, 0.1) is 22.1 Å². The van der Waals surface area contributed by atoms with Crippen LogP contribution in [0.4, 0.5) is 0 Å². The molecule has 0 spiro atoms. The van der Waals surface area contributed by atoms with Gasteiger partial charge in [-0.1, -0.05) is 74.5 Å². The molecule has 1 aliphatic heterocycles. The summed E-state index contributed by atoms with van der Waals surface area (Å²) < 4.78 is 5.16. The lowest BCUT2D eigenvalue weighted by Gasteiger charge is -2.22. The molecule has 2 heteroatoms. The van der Waals surface area contributed by atoms with Gasteiger partial charge in [0.15, 0.2) is 0 Å². The van der Waals surface area contributed by atoms with E-state index in [2.05, 4.69) is 114 Å². The second-order valence-corrected chi connectivity index (χ2v) is 13.2. The SMILES string of the molecule is CC1(C)c2cc3c(cc2-c2c1ccc1c2c2cccc4c5ccccc5n1c42)c1c2n3-c3ccccc3C2CCC1. The van der Waals surface area contributed by atoms with Crippen LogP contribution in [0.1, 0.15) is 60.6 Å². The molecule has 8 aromatic rings. The zero-order valence-corrected chi connectivity index (χ0v) is 23.3. The largest absolute Gasteiger partial charge is 0.312 e. The Bertz CT molecular complexity index is 2480. The van der Waals surface area contributed by atoms with Crippen molar-refractivity contribution in [2.75, 3.05) is 0 Å². The van der Waals surface area contributed by atoms with E-state index in [0.717, 1.165) is 0 Å². The molecule has 4 heterocycles. The van der Waals surface area contributed by atoms with Crippen molar-refractivity contribution in [1.82, 2.24) is 8.97 Å². The highest BCUT2D eigenvalue weighted by molar-refractivity contribution is 6.27. The van der Waals surface area contributed by atoms with Gasteiger partial charge in [-0.2, -0.15) is 0 Å². The van der Waals surface area contributed by atoms with Gasteiger partial charge in [0.2, 0.25) is 0 Å². The molecule has 0 fully saturated rings. The number of aromatic nitrogens is 2. The summed E-state index contributed by atoms with van der Waals surface area (Å²) in [6.07, 6.45) is 3.71. The van der Waals surface area contributed by atoms with E-state index in [4.69, 9.17) is 0 Å². The third-order valence-electron chi connectivity index (χ3n) is 11.1. The van der Waals surface area contributed by atoms with Gasteiger partial charge in [0.25, 0.3) is 0 Å². The van der Waals surface area contributed by atoms with E-state index in [0.29, 0.717) is 5.92 Å². The molecule has 2 nitrogen and oxygen atoms in total. The van der Waals surface area contributed by atoms with Crippen LogP contribution in [0.15, 0.2) is 91.0 Å². The Balaban J connectivity index is 1.31. The number of fused-ring (bicyclic) bond motifs is 16. The van der Waals surface area contributed by atoms with Gasteiger partial charge in [-0.05, 0) is 83.0 Å². The molecule has 0 saturated carbocycles. The van der Waals surface area contributed by atoms with Crippen molar-refractivity contribution >= 4 is 49.0 Å². The van der Waals surface area contributed by atoms with Crippen LogP contribution in [0.5, 0.6) is 0 Å². The molecule has 0 saturated heterocycles. The number of para-hydroxylation sites is 3. The first-order valence-electron chi connectivity index (χ1n) is 15.1. The maximum Gasteiger partial charge on any atom is 0.0620 e. The fraction of sp³-hybridized carbons (Fsp3) is 0.179. The van der Waals surface area contributed by atoms with E-state index in [-0.39, 0.29) is 5.41 Å². The number of rotatable bonds is 0. The van der Waals surface area contributed by atoms with Gasteiger partial charge in [0.1, 0.15) is 0 Å². The van der Waals surface area contributed by atoms with E-state index in [1.807, 2.05) is 0 Å². The summed E-state index contributed by atoms with van der Waals surface area (Å²) in [5, 5.41) is 6.97. The third-order valence-corrected chi connectivity index (χ3v) is 11.1. The molecule has 3 aromatic heterocycles. The number of hydrogen-bond donors (Lipinski definition) is 0. The monoisotopic (exact) mass is 524 g/mol. The minimum absolute atomic E-state index is 0.0658. The summed E-state index contributed by atoms with van der Waals surface area (Å²) in [7, 11) is 0. The Morgan fingerprint density at radius 2 is 1.54 bits per heavy atom. The van der Waals surface area contributed by atoms with E-state index < -0.39 is 0 Å². The third kappa shape index (κ3) is 2.19. The van der Waals surface area contributed by atoms with Crippen molar-refractivity contribution < 1.29 is 0 Å². The van der Waals surface area contributed by atoms with Crippen LogP contribution < -0.4 is 0 Å². The Kier molecular flexibility index (Phi) is 3.45. The van der Waals surface area contributed by atoms with Gasteiger partial charge in [-0.3, -0.25) is 0 Å². The predicted octanol–water partition coefficient (Wildman–Crippen LogP) is 9.87. The van der Waals surface area contributed by atoms with Gasteiger partial charge < -0.3 is 8.97 Å². The van der Waals surface area contributed by atoms with Crippen molar-refractivity contribution in [3.8, 4) is 16.8 Å². The minimum atomic E-state index is -0.0658. The van der Waals surface area contributed by atoms with E-state index >= 15 is 0 Å². The van der Waals surface area contributed by atoms with Crippen LogP contribution in [0, 0.1) is 0 Å². The molecule has 194 valence electrons. The first kappa shape index (κ1) is 21.2. The average Bonchev–Trinajstić information content (AvgIpc) is 3.76. The van der Waals surface area contributed by atoms with Crippen molar-refractivity contribution in [2.45, 2.75) is 44.4 Å². The molecular formula is C39H28N2. The fourth-order valence-electron chi connectivity index (χ4n) is 9.41. The van der Waals surface area contributed by atoms with Gasteiger partial charge in [-0.25, -0.2) is 0 Å². The molecular weight excluding hydrogens is 496 g/mol. The summed E-state index contributed by atoms with van der Waals surface area (Å²) >= 11 is 0. The molecule has 11 rings (SSSR count). The smallest absolute Gasteiger partial charge is 0.0620 e. The normalized spacial score (nSPS) is 18.1. The molecule has 5 aromatic carbocycles. The predicted molar refractivity (Wildman–Crippen MR) is 170 cm³/mol. The summed E-state index contributed by atoms with van der Waals surface area (Å²) in [5.74, 6) is 0.540. The Morgan fingerprint density at radius 1 is 0.707 bits per heavy atom. The molecule has 3 aliphatic rings. The van der Waals surface area contributed by atoms with E-state index in [1.54, 1.807) is 11.3 Å². The highest BCUT2D eigenvalue weighted by atomic mass is 15.0. The van der Waals surface area contributed by atoms with E-state index in [9.17, 15) is 0 Å². The Labute approximate surface area is 237 Å². The summed E-state index contributed by atoms with van der Waals surface area (Å²) in [4.78, 5) is 0. The maximum atomic E-state index is 2.63. The average molecular weight is 525 g/mol. The minimum Gasteiger partial charge on any atom is -0.312 e. The highest BCUT2D eigenvalue weighted by Gasteiger charge is 2.41. The van der Waals surface area contributed by atoms with E-state index in [1.165, 1.54) is 102 Å². The van der Waals surface area contributed by atoms with Crippen molar-refractivity contribution in [2.24, 2.45) is 0 Å². The number of nitrogens with zero attached hydrogens (tertiary/aromatic N) is 2. The van der Waals surface area contributed by atoms with Crippen LogP contribution >= 0.6 is 0 Å². The lowest BCUT2D eigenvalue weighted by atomic mass is 9.81. The quantitative estimate of drug-likeness (QED) is 0.187. The second kappa shape index (κ2) is 6.66. The molecule has 0 amide bonds. The van der Waals surface area contributed by atoms with Gasteiger partial charge >= 0.3 is 0 Å². The molecule has 1 atom stereocenters. The lowest BCUT2D eigenvalue weighted by Crippen LogP contribution is -2.15. The zero-order chi connectivity index (χ0) is 26.8. The van der Waals surface area contributed by atoms with Crippen LogP contribution in [0.2, 0.25) is 0 Å². The molecule has 0 radical (unpaired) electrons. The summed E-state index contributed by atoms with van der Waals surface area (Å²) in [6, 6.07) is 34.9. The van der Waals surface area contributed by atoms with Crippen molar-refractivity contribution in [3.05, 3.63) is 119 Å². The van der Waals surface area contributed by atoms with Crippen molar-refractivity contribution in [1.29, 1.82) is 0 Å². The Morgan fingerprint density at radius 3 is 2.49 bits per heavy atom. The van der Waals surface area contributed by atoms with Crippen LogP contribution in [-0.4, -0.2) is 8.97 Å². The first-order chi connectivity index (χ1) is 20.1. The molecule has 0 N–H and O–H groups in total.